The van der Waals surface area contributed by atoms with E-state index < -0.39 is 11.9 Å². The number of carbonyl (C=O) groups is 2. The number of ether oxygens (including phenoxy) is 2. The van der Waals surface area contributed by atoms with Crippen molar-refractivity contribution in [2.24, 2.45) is 7.05 Å². The molecule has 0 saturated heterocycles. The van der Waals surface area contributed by atoms with Crippen molar-refractivity contribution in [2.75, 3.05) is 13.7 Å². The van der Waals surface area contributed by atoms with Crippen LogP contribution in [0.3, 0.4) is 0 Å². The molecule has 0 N–H and O–H groups in total. The van der Waals surface area contributed by atoms with Gasteiger partial charge in [-0.15, -0.1) is 11.3 Å². The number of carbonyl (C=O) groups excluding carboxylic acids is 2. The van der Waals surface area contributed by atoms with E-state index in [0.717, 1.165) is 5.52 Å². The van der Waals surface area contributed by atoms with E-state index in [0.29, 0.717) is 34.1 Å². The van der Waals surface area contributed by atoms with E-state index >= 15 is 0 Å². The van der Waals surface area contributed by atoms with E-state index in [9.17, 15) is 9.59 Å². The maximum atomic E-state index is 12.1. The molecule has 8 heteroatoms. The van der Waals surface area contributed by atoms with Crippen LogP contribution in [0.4, 0.5) is 0 Å². The molecule has 0 aliphatic carbocycles. The summed E-state index contributed by atoms with van der Waals surface area (Å²) in [5, 5.41) is 0. The number of esters is 2. The molecule has 2 heterocycles. The van der Waals surface area contributed by atoms with Gasteiger partial charge in [0.05, 0.1) is 35.8 Å². The number of aryl methyl sites for hydroxylation is 1. The number of fused-ring (bicyclic) bond motifs is 1. The fourth-order valence-corrected chi connectivity index (χ4v) is 3.07. The van der Waals surface area contributed by atoms with Gasteiger partial charge in [-0.05, 0) is 25.1 Å². The molecule has 0 atom stereocenters. The SMILES string of the molecule is CCOC(=O)c1scnc1-c1nc2ccc(C(=O)OC)cc2n1C. The molecule has 0 aliphatic rings. The zero-order valence-corrected chi connectivity index (χ0v) is 14.2. The van der Waals surface area contributed by atoms with Gasteiger partial charge >= 0.3 is 11.9 Å². The Kier molecular flexibility index (Phi) is 4.30. The molecular weight excluding hydrogens is 330 g/mol. The van der Waals surface area contributed by atoms with Crippen LogP contribution in [0.15, 0.2) is 23.7 Å². The Labute approximate surface area is 141 Å². The van der Waals surface area contributed by atoms with Crippen molar-refractivity contribution in [3.8, 4) is 11.5 Å². The lowest BCUT2D eigenvalue weighted by Crippen LogP contribution is -2.05. The van der Waals surface area contributed by atoms with Crippen LogP contribution in [0, 0.1) is 0 Å². The lowest BCUT2D eigenvalue weighted by molar-refractivity contribution is 0.0531. The van der Waals surface area contributed by atoms with Crippen LogP contribution in [-0.4, -0.2) is 40.2 Å². The zero-order chi connectivity index (χ0) is 17.3. The first kappa shape index (κ1) is 16.1. The Morgan fingerprint density at radius 1 is 1.29 bits per heavy atom. The maximum absolute atomic E-state index is 12.1. The van der Waals surface area contributed by atoms with E-state index in [4.69, 9.17) is 9.47 Å². The molecular formula is C16H15N3O4S. The van der Waals surface area contributed by atoms with Gasteiger partial charge < -0.3 is 14.0 Å². The smallest absolute Gasteiger partial charge is 0.350 e. The molecule has 0 bridgehead atoms. The molecule has 2 aromatic heterocycles. The van der Waals surface area contributed by atoms with E-state index in [1.54, 1.807) is 42.2 Å². The molecule has 0 amide bonds. The minimum atomic E-state index is -0.419. The van der Waals surface area contributed by atoms with Crippen molar-refractivity contribution in [1.29, 1.82) is 0 Å². The highest BCUT2D eigenvalue weighted by molar-refractivity contribution is 7.12. The van der Waals surface area contributed by atoms with Gasteiger partial charge in [0.15, 0.2) is 5.82 Å². The monoisotopic (exact) mass is 345 g/mol. The number of hydrogen-bond acceptors (Lipinski definition) is 7. The zero-order valence-electron chi connectivity index (χ0n) is 13.4. The van der Waals surface area contributed by atoms with E-state index in [2.05, 4.69) is 9.97 Å². The van der Waals surface area contributed by atoms with Gasteiger partial charge in [-0.2, -0.15) is 0 Å². The van der Waals surface area contributed by atoms with Crippen molar-refractivity contribution in [3.05, 3.63) is 34.2 Å². The molecule has 3 aromatic rings. The van der Waals surface area contributed by atoms with Crippen LogP contribution >= 0.6 is 11.3 Å². The second-order valence-electron chi connectivity index (χ2n) is 4.94. The molecule has 124 valence electrons. The third-order valence-electron chi connectivity index (χ3n) is 3.54. The summed E-state index contributed by atoms with van der Waals surface area (Å²) in [5.41, 5.74) is 3.93. The second kappa shape index (κ2) is 6.40. The predicted octanol–water partition coefficient (Wildman–Crippen LogP) is 2.66. The number of thiazole rings is 1. The average Bonchev–Trinajstić information content (AvgIpc) is 3.19. The molecule has 0 spiro atoms. The Bertz CT molecular complexity index is 929. The number of hydrogen-bond donors (Lipinski definition) is 0. The number of rotatable bonds is 4. The van der Waals surface area contributed by atoms with Crippen molar-refractivity contribution in [2.45, 2.75) is 6.92 Å². The van der Waals surface area contributed by atoms with E-state index in [1.165, 1.54) is 18.4 Å². The summed E-state index contributed by atoms with van der Waals surface area (Å²) >= 11 is 1.21. The number of imidazole rings is 1. The highest BCUT2D eigenvalue weighted by Gasteiger charge is 2.22. The highest BCUT2D eigenvalue weighted by atomic mass is 32.1. The first-order valence-electron chi connectivity index (χ1n) is 7.22. The van der Waals surface area contributed by atoms with Gasteiger partial charge in [-0.25, -0.2) is 19.6 Å². The van der Waals surface area contributed by atoms with Gasteiger partial charge in [-0.3, -0.25) is 0 Å². The van der Waals surface area contributed by atoms with E-state index in [-0.39, 0.29) is 0 Å². The van der Waals surface area contributed by atoms with Gasteiger partial charge in [0.2, 0.25) is 0 Å². The van der Waals surface area contributed by atoms with Crippen LogP contribution in [0.5, 0.6) is 0 Å². The van der Waals surface area contributed by atoms with E-state index in [1.807, 2.05) is 0 Å². The number of methoxy groups -OCH3 is 1. The van der Waals surface area contributed by atoms with Crippen molar-refractivity contribution >= 4 is 34.3 Å². The van der Waals surface area contributed by atoms with Gasteiger partial charge in [0.25, 0.3) is 0 Å². The topological polar surface area (TPSA) is 83.3 Å². The Balaban J connectivity index is 2.12. The number of benzene rings is 1. The summed E-state index contributed by atoms with van der Waals surface area (Å²) in [6, 6.07) is 5.09. The fraction of sp³-hybridized carbons (Fsp3) is 0.250. The minimum Gasteiger partial charge on any atom is -0.465 e. The maximum Gasteiger partial charge on any atom is 0.350 e. The average molecular weight is 345 g/mol. The quantitative estimate of drug-likeness (QED) is 0.676. The predicted molar refractivity (Wildman–Crippen MR) is 89.1 cm³/mol. The summed E-state index contributed by atoms with van der Waals surface area (Å²) in [6.45, 7) is 2.04. The van der Waals surface area contributed by atoms with Crippen molar-refractivity contribution in [1.82, 2.24) is 14.5 Å². The molecule has 7 nitrogen and oxygen atoms in total. The first-order chi connectivity index (χ1) is 11.6. The van der Waals surface area contributed by atoms with Gasteiger partial charge in [0, 0.05) is 7.05 Å². The standard InChI is InChI=1S/C16H15N3O4S/c1-4-23-16(21)13-12(17-8-24-13)14-18-10-6-5-9(15(20)22-3)7-11(10)19(14)2/h5-8H,4H2,1-3H3. The summed E-state index contributed by atoms with van der Waals surface area (Å²) in [4.78, 5) is 33.0. The summed E-state index contributed by atoms with van der Waals surface area (Å²) in [7, 11) is 3.14. The fourth-order valence-electron chi connectivity index (χ4n) is 2.39. The Morgan fingerprint density at radius 3 is 2.79 bits per heavy atom. The Hall–Kier alpha value is -2.74. The van der Waals surface area contributed by atoms with Crippen LogP contribution < -0.4 is 0 Å². The van der Waals surface area contributed by atoms with Crippen LogP contribution in [0.1, 0.15) is 27.0 Å². The molecule has 0 saturated carbocycles. The van der Waals surface area contributed by atoms with Gasteiger partial charge in [0.1, 0.15) is 10.6 Å². The molecule has 1 aromatic carbocycles. The van der Waals surface area contributed by atoms with Gasteiger partial charge in [-0.1, -0.05) is 0 Å². The minimum absolute atomic E-state index is 0.293. The lowest BCUT2D eigenvalue weighted by atomic mass is 10.2. The first-order valence-corrected chi connectivity index (χ1v) is 8.10. The third-order valence-corrected chi connectivity index (χ3v) is 4.35. The van der Waals surface area contributed by atoms with Crippen molar-refractivity contribution < 1.29 is 19.1 Å². The normalized spacial score (nSPS) is 10.8. The summed E-state index contributed by atoms with van der Waals surface area (Å²) in [5.74, 6) is -0.297. The highest BCUT2D eigenvalue weighted by Crippen LogP contribution is 2.28. The summed E-state index contributed by atoms with van der Waals surface area (Å²) < 4.78 is 11.6. The van der Waals surface area contributed by atoms with Crippen LogP contribution in [0.25, 0.3) is 22.6 Å². The molecule has 24 heavy (non-hydrogen) atoms. The third kappa shape index (κ3) is 2.65. The van der Waals surface area contributed by atoms with Crippen LogP contribution in [0.2, 0.25) is 0 Å². The molecule has 3 rings (SSSR count). The Morgan fingerprint density at radius 2 is 2.08 bits per heavy atom. The molecule has 0 unspecified atom stereocenters. The molecule has 0 radical (unpaired) electrons. The molecule has 0 fully saturated rings. The number of aromatic nitrogens is 3. The molecule has 0 aliphatic heterocycles. The second-order valence-corrected chi connectivity index (χ2v) is 5.79. The largest absolute Gasteiger partial charge is 0.465 e. The van der Waals surface area contributed by atoms with Crippen molar-refractivity contribution in [3.63, 3.8) is 0 Å². The lowest BCUT2D eigenvalue weighted by Gasteiger charge is -2.03. The summed E-state index contributed by atoms with van der Waals surface area (Å²) in [6.07, 6.45) is 0. The number of nitrogens with zero attached hydrogens (tertiary/aromatic N) is 3. The van der Waals surface area contributed by atoms with Crippen LogP contribution in [-0.2, 0) is 16.5 Å².